The minimum atomic E-state index is -1.21. The van der Waals surface area contributed by atoms with Crippen molar-refractivity contribution >= 4 is 17.6 Å². The van der Waals surface area contributed by atoms with Crippen molar-refractivity contribution in [1.29, 1.82) is 0 Å². The summed E-state index contributed by atoms with van der Waals surface area (Å²) in [5.41, 5.74) is 0.246. The number of aromatic carboxylic acids is 1. The number of nitrogens with zero attached hydrogens (tertiary/aromatic N) is 4. The number of aromatic nitrogens is 4. The largest absolute Gasteiger partial charge is 0.478 e. The number of carbonyl (C=O) groups is 2. The van der Waals surface area contributed by atoms with Crippen molar-refractivity contribution in [1.82, 2.24) is 19.6 Å². The van der Waals surface area contributed by atoms with Crippen LogP contribution in [0.25, 0.3) is 0 Å². The maximum atomic E-state index is 12.1. The van der Waals surface area contributed by atoms with E-state index in [1.165, 1.54) is 29.7 Å². The van der Waals surface area contributed by atoms with E-state index >= 15 is 0 Å². The Kier molecular flexibility index (Phi) is 3.80. The van der Waals surface area contributed by atoms with Crippen LogP contribution in [0.15, 0.2) is 18.6 Å². The lowest BCUT2D eigenvalue weighted by molar-refractivity contribution is 0.0692. The molecule has 20 heavy (non-hydrogen) atoms. The van der Waals surface area contributed by atoms with Gasteiger partial charge in [-0.3, -0.25) is 9.48 Å². The summed E-state index contributed by atoms with van der Waals surface area (Å²) >= 11 is 0. The van der Waals surface area contributed by atoms with E-state index in [0.29, 0.717) is 5.69 Å². The van der Waals surface area contributed by atoms with Gasteiger partial charge in [0.2, 0.25) is 0 Å². The number of hydrogen-bond acceptors (Lipinski definition) is 5. The van der Waals surface area contributed by atoms with Gasteiger partial charge in [0.15, 0.2) is 0 Å². The molecule has 2 N–H and O–H groups in total. The van der Waals surface area contributed by atoms with E-state index in [-0.39, 0.29) is 18.0 Å². The van der Waals surface area contributed by atoms with E-state index in [2.05, 4.69) is 15.5 Å². The molecule has 2 aromatic rings. The third-order valence-corrected chi connectivity index (χ3v) is 2.54. The second kappa shape index (κ2) is 5.53. The third-order valence-electron chi connectivity index (χ3n) is 2.54. The van der Waals surface area contributed by atoms with Gasteiger partial charge in [-0.2, -0.15) is 10.2 Å². The Morgan fingerprint density at radius 3 is 2.80 bits per heavy atom. The van der Waals surface area contributed by atoms with Crippen LogP contribution < -0.4 is 5.32 Å². The molecule has 0 fully saturated rings. The third kappa shape index (κ3) is 2.67. The van der Waals surface area contributed by atoms with Gasteiger partial charge < -0.3 is 15.2 Å². The second-order valence-corrected chi connectivity index (χ2v) is 3.98. The van der Waals surface area contributed by atoms with E-state index in [1.807, 2.05) is 0 Å². The molecule has 0 aliphatic carbocycles. The number of methoxy groups -OCH3 is 1. The van der Waals surface area contributed by atoms with Gasteiger partial charge in [0.05, 0.1) is 24.3 Å². The lowest BCUT2D eigenvalue weighted by atomic mass is 10.2. The molecular formula is C11H13N5O4. The molecule has 2 aromatic heterocycles. The Labute approximate surface area is 113 Å². The van der Waals surface area contributed by atoms with Gasteiger partial charge in [0, 0.05) is 14.2 Å². The Morgan fingerprint density at radius 1 is 1.40 bits per heavy atom. The lowest BCUT2D eigenvalue weighted by Crippen LogP contribution is -2.19. The Hall–Kier alpha value is -2.68. The second-order valence-electron chi connectivity index (χ2n) is 3.98. The highest BCUT2D eigenvalue weighted by Crippen LogP contribution is 2.12. The average Bonchev–Trinajstić information content (AvgIpc) is 2.96. The first-order chi connectivity index (χ1) is 9.52. The normalized spacial score (nSPS) is 10.5. The van der Waals surface area contributed by atoms with Crippen LogP contribution in [0.1, 0.15) is 20.8 Å². The molecule has 0 atom stereocenters. The fraction of sp³-hybridized carbons (Fsp3) is 0.273. The number of rotatable bonds is 5. The Bertz CT molecular complexity index is 645. The van der Waals surface area contributed by atoms with Crippen molar-refractivity contribution < 1.29 is 19.4 Å². The van der Waals surface area contributed by atoms with E-state index < -0.39 is 11.9 Å². The summed E-state index contributed by atoms with van der Waals surface area (Å²) in [5.74, 6) is -1.78. The van der Waals surface area contributed by atoms with Crippen molar-refractivity contribution in [2.45, 2.75) is 6.73 Å². The Morgan fingerprint density at radius 2 is 2.15 bits per heavy atom. The highest BCUT2D eigenvalue weighted by molar-refractivity contribution is 6.09. The molecule has 0 saturated heterocycles. The number of carboxylic acids is 1. The van der Waals surface area contributed by atoms with Gasteiger partial charge in [-0.15, -0.1) is 0 Å². The molecule has 0 unspecified atom stereocenters. The van der Waals surface area contributed by atoms with Crippen LogP contribution in [0, 0.1) is 0 Å². The summed E-state index contributed by atoms with van der Waals surface area (Å²) in [6.45, 7) is 0.252. The fourth-order valence-corrected chi connectivity index (χ4v) is 1.68. The van der Waals surface area contributed by atoms with E-state index in [1.54, 1.807) is 6.20 Å². The monoisotopic (exact) mass is 279 g/mol. The van der Waals surface area contributed by atoms with Crippen molar-refractivity contribution in [2.75, 3.05) is 12.4 Å². The van der Waals surface area contributed by atoms with Crippen LogP contribution in [0.3, 0.4) is 0 Å². The van der Waals surface area contributed by atoms with Crippen molar-refractivity contribution in [3.63, 3.8) is 0 Å². The maximum absolute atomic E-state index is 12.1. The zero-order valence-electron chi connectivity index (χ0n) is 10.9. The summed E-state index contributed by atoms with van der Waals surface area (Å²) in [4.78, 5) is 23.1. The summed E-state index contributed by atoms with van der Waals surface area (Å²) in [6, 6.07) is 0. The number of carboxylic acid groups (broad SMARTS) is 1. The molecular weight excluding hydrogens is 266 g/mol. The fourth-order valence-electron chi connectivity index (χ4n) is 1.68. The summed E-state index contributed by atoms with van der Waals surface area (Å²) in [7, 11) is 3.02. The van der Waals surface area contributed by atoms with Gasteiger partial charge in [-0.25, -0.2) is 9.48 Å². The first-order valence-electron chi connectivity index (χ1n) is 5.61. The number of carbonyl (C=O) groups excluding carboxylic acids is 1. The van der Waals surface area contributed by atoms with E-state index in [9.17, 15) is 9.59 Å². The van der Waals surface area contributed by atoms with Crippen molar-refractivity contribution in [2.24, 2.45) is 7.05 Å². The van der Waals surface area contributed by atoms with Crippen molar-refractivity contribution in [3.05, 3.63) is 29.8 Å². The van der Waals surface area contributed by atoms with E-state index in [0.717, 1.165) is 6.20 Å². The van der Waals surface area contributed by atoms with E-state index in [4.69, 9.17) is 9.84 Å². The quantitative estimate of drug-likeness (QED) is 0.807. The topological polar surface area (TPSA) is 111 Å². The summed E-state index contributed by atoms with van der Waals surface area (Å²) in [6.07, 6.45) is 4.14. The molecule has 0 spiro atoms. The molecule has 106 valence electrons. The molecule has 2 rings (SSSR count). The SMILES string of the molecule is COCn1cc(NC(=O)c2c(C(=O)O)cnn2C)cn1. The molecule has 2 heterocycles. The van der Waals surface area contributed by atoms with Crippen LogP contribution >= 0.6 is 0 Å². The number of anilines is 1. The molecule has 0 radical (unpaired) electrons. The first-order valence-corrected chi connectivity index (χ1v) is 5.61. The van der Waals surface area contributed by atoms with Gasteiger partial charge >= 0.3 is 5.97 Å². The smallest absolute Gasteiger partial charge is 0.339 e. The number of hydrogen-bond donors (Lipinski definition) is 2. The van der Waals surface area contributed by atoms with Gasteiger partial charge in [-0.1, -0.05) is 0 Å². The molecule has 9 nitrogen and oxygen atoms in total. The average molecular weight is 279 g/mol. The molecule has 0 bridgehead atoms. The minimum Gasteiger partial charge on any atom is -0.478 e. The van der Waals surface area contributed by atoms with Crippen LogP contribution in [0.4, 0.5) is 5.69 Å². The Balaban J connectivity index is 2.19. The molecule has 9 heteroatoms. The maximum Gasteiger partial charge on any atom is 0.339 e. The number of ether oxygens (including phenoxy) is 1. The van der Waals surface area contributed by atoms with Crippen molar-refractivity contribution in [3.8, 4) is 0 Å². The number of amides is 1. The van der Waals surface area contributed by atoms with Gasteiger partial charge in [0.1, 0.15) is 18.0 Å². The zero-order chi connectivity index (χ0) is 14.7. The number of nitrogens with one attached hydrogen (secondary N) is 1. The van der Waals surface area contributed by atoms with Gasteiger partial charge in [0.25, 0.3) is 5.91 Å². The number of aryl methyl sites for hydroxylation is 1. The molecule has 0 aromatic carbocycles. The first kappa shape index (κ1) is 13.7. The van der Waals surface area contributed by atoms with Crippen LogP contribution in [0.2, 0.25) is 0 Å². The van der Waals surface area contributed by atoms with Gasteiger partial charge in [-0.05, 0) is 0 Å². The predicted molar refractivity (Wildman–Crippen MR) is 67.4 cm³/mol. The molecule has 0 aliphatic heterocycles. The van der Waals surface area contributed by atoms with Crippen LogP contribution in [0.5, 0.6) is 0 Å². The molecule has 1 amide bonds. The summed E-state index contributed by atoms with van der Waals surface area (Å²) in [5, 5.41) is 19.3. The zero-order valence-corrected chi connectivity index (χ0v) is 10.9. The highest BCUT2D eigenvalue weighted by atomic mass is 16.5. The standard InChI is InChI=1S/C11H13N5O4/c1-15-9(8(4-12-15)11(18)19)10(17)14-7-3-13-16(5-7)6-20-2/h3-5H,6H2,1-2H3,(H,14,17)(H,18,19). The highest BCUT2D eigenvalue weighted by Gasteiger charge is 2.21. The molecule has 0 saturated carbocycles. The van der Waals surface area contributed by atoms with Crippen LogP contribution in [-0.4, -0.2) is 43.7 Å². The lowest BCUT2D eigenvalue weighted by Gasteiger charge is -2.04. The summed E-state index contributed by atoms with van der Waals surface area (Å²) < 4.78 is 7.57. The van der Waals surface area contributed by atoms with Crippen LogP contribution in [-0.2, 0) is 18.5 Å². The predicted octanol–water partition coefficient (Wildman–Crippen LogP) is 0.171. The molecule has 0 aliphatic rings. The minimum absolute atomic E-state index is 0.0306.